The molecule has 2 N–H and O–H groups in total. The van der Waals surface area contributed by atoms with E-state index < -0.39 is 40.1 Å². The molecule has 45 heavy (non-hydrogen) atoms. The highest BCUT2D eigenvalue weighted by Gasteiger charge is 2.81. The van der Waals surface area contributed by atoms with Crippen molar-refractivity contribution in [3.05, 3.63) is 35.5 Å². The molecular weight excluding hydrogens is 622 g/mol. The average Bonchev–Trinajstić information content (AvgIpc) is 3.42. The molecule has 1 unspecified atom stereocenters. The molecule has 3 fully saturated rings. The maximum absolute atomic E-state index is 15.5. The van der Waals surface area contributed by atoms with E-state index in [1.165, 1.54) is 37.1 Å². The molecule has 2 amide bonds. The summed E-state index contributed by atoms with van der Waals surface area (Å²) in [6, 6.07) is 7.00. The maximum Gasteiger partial charge on any atom is 0.404 e. The van der Waals surface area contributed by atoms with Gasteiger partial charge in [-0.05, 0) is 25.2 Å². The van der Waals surface area contributed by atoms with Gasteiger partial charge in [-0.1, -0.05) is 37.7 Å². The molecule has 1 aromatic heterocycles. The first-order chi connectivity index (χ1) is 21.6. The number of benzene rings is 1. The molecule has 4 aliphatic heterocycles. The molecule has 1 aromatic carbocycles. The Morgan fingerprint density at radius 2 is 1.89 bits per heavy atom. The Morgan fingerprint density at radius 3 is 2.51 bits per heavy atom. The number of allylic oxidation sites excluding steroid dienone is 1. The average molecular weight is 658 g/mol. The van der Waals surface area contributed by atoms with Crippen LogP contribution in [0.15, 0.2) is 39.9 Å². The van der Waals surface area contributed by atoms with Crippen molar-refractivity contribution in [1.29, 1.82) is 0 Å². The molecule has 2 aromatic rings. The Hall–Kier alpha value is -3.08. The number of Topliss-reactive ketones (excluding diaryl/α,β-unsaturated/α-hetero) is 2. The van der Waals surface area contributed by atoms with Gasteiger partial charge in [-0.2, -0.15) is 0 Å². The first-order valence-corrected chi connectivity index (χ1v) is 16.7. The predicted molar refractivity (Wildman–Crippen MR) is 163 cm³/mol. The lowest BCUT2D eigenvalue weighted by atomic mass is 9.74. The number of methoxy groups -OCH3 is 1. The topological polar surface area (TPSA) is 154 Å². The Morgan fingerprint density at radius 1 is 1.18 bits per heavy atom. The molecule has 0 saturated carbocycles. The highest BCUT2D eigenvalue weighted by molar-refractivity contribution is 8.03. The van der Waals surface area contributed by atoms with Gasteiger partial charge >= 0.3 is 6.09 Å². The largest absolute Gasteiger partial charge is 0.449 e. The fourth-order valence-corrected chi connectivity index (χ4v) is 10.7. The van der Waals surface area contributed by atoms with E-state index in [0.29, 0.717) is 17.4 Å². The summed E-state index contributed by atoms with van der Waals surface area (Å²) in [7, 11) is 1.48. The van der Waals surface area contributed by atoms with Crippen molar-refractivity contribution < 1.29 is 38.1 Å². The molecule has 1 aliphatic carbocycles. The minimum atomic E-state index is -1.99. The summed E-state index contributed by atoms with van der Waals surface area (Å²) < 4.78 is 24.2. The van der Waals surface area contributed by atoms with E-state index in [-0.39, 0.29) is 61.9 Å². The van der Waals surface area contributed by atoms with Gasteiger partial charge in [-0.3, -0.25) is 14.4 Å². The lowest BCUT2D eigenvalue weighted by molar-refractivity contribution is -0.194. The fraction of sp³-hybridized carbons (Fsp3) is 0.567. The second-order valence-electron chi connectivity index (χ2n) is 11.8. The smallest absolute Gasteiger partial charge is 0.404 e. The number of carbonyl (C=O) groups excluding carboxylic acids is 4. The third kappa shape index (κ3) is 4.04. The van der Waals surface area contributed by atoms with Crippen molar-refractivity contribution in [3.63, 3.8) is 0 Å². The number of piperazine rings is 1. The van der Waals surface area contributed by atoms with Gasteiger partial charge in [0.15, 0.2) is 14.8 Å². The number of thiazole rings is 1. The lowest BCUT2D eigenvalue weighted by Gasteiger charge is -2.48. The first-order valence-electron chi connectivity index (χ1n) is 15.0. The molecule has 5 atom stereocenters. The summed E-state index contributed by atoms with van der Waals surface area (Å²) in [4.78, 5) is 65.5. The Balaban J connectivity index is 1.43. The number of ether oxygens (including phenoxy) is 4. The molecule has 0 radical (unpaired) electrons. The van der Waals surface area contributed by atoms with Crippen LogP contribution in [0.25, 0.3) is 10.2 Å². The number of nitrogens with zero attached hydrogens (tertiary/aromatic N) is 4. The van der Waals surface area contributed by atoms with E-state index in [0.717, 1.165) is 10.2 Å². The van der Waals surface area contributed by atoms with Gasteiger partial charge in [-0.25, -0.2) is 9.78 Å². The van der Waals surface area contributed by atoms with E-state index in [2.05, 4.69) is 4.90 Å². The minimum Gasteiger partial charge on any atom is -0.449 e. The number of thioether (sulfide) groups is 1. The van der Waals surface area contributed by atoms with Crippen LogP contribution in [-0.2, 0) is 33.3 Å². The van der Waals surface area contributed by atoms with Crippen molar-refractivity contribution in [1.82, 2.24) is 19.7 Å². The van der Waals surface area contributed by atoms with E-state index in [4.69, 9.17) is 29.7 Å². The van der Waals surface area contributed by atoms with Crippen LogP contribution in [0.3, 0.4) is 0 Å². The highest BCUT2D eigenvalue weighted by Crippen LogP contribution is 2.64. The summed E-state index contributed by atoms with van der Waals surface area (Å²) in [6.45, 7) is 6.97. The normalized spacial score (nSPS) is 31.3. The molecule has 240 valence electrons. The van der Waals surface area contributed by atoms with E-state index >= 15 is 9.59 Å². The summed E-state index contributed by atoms with van der Waals surface area (Å²) in [5.74, 6) is -3.96. The maximum atomic E-state index is 15.5. The molecule has 5 heterocycles. The molecular formula is C30H35N5O8S2. The van der Waals surface area contributed by atoms with Crippen molar-refractivity contribution in [2.24, 2.45) is 11.7 Å². The first kappa shape index (κ1) is 30.6. The zero-order valence-electron chi connectivity index (χ0n) is 25.4. The zero-order chi connectivity index (χ0) is 31.9. The van der Waals surface area contributed by atoms with Gasteiger partial charge in [0.25, 0.3) is 5.79 Å². The quantitative estimate of drug-likeness (QED) is 0.390. The number of carbonyl (C=O) groups is 4. The highest BCUT2D eigenvalue weighted by atomic mass is 32.2. The van der Waals surface area contributed by atoms with Crippen LogP contribution in [0.4, 0.5) is 4.79 Å². The number of aromatic nitrogens is 1. The monoisotopic (exact) mass is 657 g/mol. The molecule has 7 rings (SSSR count). The molecule has 0 bridgehead atoms. The number of primary amides is 1. The number of hydrogen-bond donors (Lipinski definition) is 1. The van der Waals surface area contributed by atoms with E-state index in [1.807, 2.05) is 43.0 Å². The van der Waals surface area contributed by atoms with Gasteiger partial charge < -0.3 is 39.4 Å². The fourth-order valence-electron chi connectivity index (χ4n) is 7.90. The second kappa shape index (κ2) is 10.7. The number of nitrogens with two attached hydrogens (primary N) is 1. The second-order valence-corrected chi connectivity index (χ2v) is 14.3. The van der Waals surface area contributed by atoms with Crippen LogP contribution >= 0.6 is 23.1 Å². The third-order valence-corrected chi connectivity index (χ3v) is 12.4. The Kier molecular flexibility index (Phi) is 7.30. The van der Waals surface area contributed by atoms with Crippen LogP contribution in [-0.4, -0.2) is 125 Å². The van der Waals surface area contributed by atoms with Gasteiger partial charge in [0, 0.05) is 32.7 Å². The minimum absolute atomic E-state index is 0.104. The van der Waals surface area contributed by atoms with E-state index in [1.54, 1.807) is 4.90 Å². The number of para-hydroxylation sites is 1. The van der Waals surface area contributed by atoms with Crippen LogP contribution in [0.1, 0.15) is 20.8 Å². The van der Waals surface area contributed by atoms with Crippen LogP contribution in [0.5, 0.6) is 0 Å². The molecule has 13 nitrogen and oxygen atoms in total. The molecule has 5 aliphatic rings. The predicted octanol–water partition coefficient (Wildman–Crippen LogP) is 1.60. The van der Waals surface area contributed by atoms with Crippen molar-refractivity contribution in [2.75, 3.05) is 53.1 Å². The number of ketones is 2. The Bertz CT molecular complexity index is 1600. The SMILES string of the molecule is CCN(CC)CC1(Sc2nc3ccccc3s2)C(=O)C2=C(C(=O)C13OCCO3)[C@@H](COC(N)=O)[C@@]1(OC)[C@@H]3[C@H](CN21)N3C(C)=O. The number of fused-ring (bicyclic) bond motifs is 5. The van der Waals surface area contributed by atoms with Crippen molar-refractivity contribution in [2.45, 2.75) is 53.5 Å². The molecule has 3 saturated heterocycles. The third-order valence-electron chi connectivity index (χ3n) is 9.83. The van der Waals surface area contributed by atoms with Crippen molar-refractivity contribution in [3.8, 4) is 0 Å². The summed E-state index contributed by atoms with van der Waals surface area (Å²) in [5.41, 5.74) is 5.13. The van der Waals surface area contributed by atoms with Crippen LogP contribution in [0.2, 0.25) is 0 Å². The summed E-state index contributed by atoms with van der Waals surface area (Å²) in [5, 5.41) is 0. The van der Waals surface area contributed by atoms with Gasteiger partial charge in [0.05, 0.1) is 41.1 Å². The molecule has 1 spiro atoms. The Labute approximate surface area is 267 Å². The van der Waals surface area contributed by atoms with Crippen LogP contribution in [0, 0.1) is 5.92 Å². The summed E-state index contributed by atoms with van der Waals surface area (Å²) >= 11 is 2.64. The van der Waals surface area contributed by atoms with E-state index in [9.17, 15) is 9.59 Å². The van der Waals surface area contributed by atoms with Gasteiger partial charge in [-0.15, -0.1) is 11.3 Å². The lowest BCUT2D eigenvalue weighted by Crippen LogP contribution is -2.70. The standard InChI is InChI=1S/C30H35N5O8S2/c1-5-33(6-2)15-28(45-27-32-18-9-7-8-10-20(18)44-27)25(38)22-21(24(37)30(28)42-11-12-43-30)17(14-41-26(31)39)29(40-4)23-19(13-34(22)29)35(23)16(3)36/h7-10,17,19,23H,5-6,11-15H2,1-4H3,(H2,31,39)/t17-,19+,23+,28?,29-,35?/m1/s1. The number of amides is 2. The number of rotatable bonds is 9. The zero-order valence-corrected chi connectivity index (χ0v) is 27.1. The van der Waals surface area contributed by atoms with Crippen molar-refractivity contribution >= 4 is 56.9 Å². The van der Waals surface area contributed by atoms with Gasteiger partial charge in [0.1, 0.15) is 12.6 Å². The number of hydrogen-bond acceptors (Lipinski definition) is 13. The van der Waals surface area contributed by atoms with Gasteiger partial charge in [0.2, 0.25) is 17.5 Å². The summed E-state index contributed by atoms with van der Waals surface area (Å²) in [6.07, 6.45) is -1.03. The molecule has 15 heteroatoms. The van der Waals surface area contributed by atoms with Crippen LogP contribution < -0.4 is 5.73 Å².